The molecular formula is C16H15BrF2O. The summed E-state index contributed by atoms with van der Waals surface area (Å²) in [7, 11) is 1.63. The van der Waals surface area contributed by atoms with Gasteiger partial charge in [0.05, 0.1) is 7.11 Å². The van der Waals surface area contributed by atoms with Gasteiger partial charge in [0.2, 0.25) is 0 Å². The van der Waals surface area contributed by atoms with Crippen LogP contribution >= 0.6 is 15.9 Å². The van der Waals surface area contributed by atoms with Crippen molar-refractivity contribution >= 4 is 15.9 Å². The predicted octanol–water partition coefficient (Wildman–Crippen LogP) is 5.04. The van der Waals surface area contributed by atoms with Crippen molar-refractivity contribution < 1.29 is 13.5 Å². The quantitative estimate of drug-likeness (QED) is 0.692. The van der Waals surface area contributed by atoms with Gasteiger partial charge in [0.1, 0.15) is 17.4 Å². The second kappa shape index (κ2) is 6.84. The Bertz CT molecular complexity index is 569. The van der Waals surface area contributed by atoms with Crippen LogP contribution in [0.25, 0.3) is 0 Å². The molecule has 0 amide bonds. The van der Waals surface area contributed by atoms with Crippen LogP contribution in [0.15, 0.2) is 42.5 Å². The maximum absolute atomic E-state index is 13.6. The van der Waals surface area contributed by atoms with E-state index < -0.39 is 11.6 Å². The molecule has 2 rings (SSSR count). The number of halogens is 3. The molecule has 0 radical (unpaired) electrons. The van der Waals surface area contributed by atoms with Crippen molar-refractivity contribution in [3.8, 4) is 5.75 Å². The number of benzene rings is 2. The molecule has 0 aliphatic rings. The lowest BCUT2D eigenvalue weighted by atomic mass is 10.0. The van der Waals surface area contributed by atoms with E-state index in [1.165, 1.54) is 12.1 Å². The number of ether oxygens (including phenoxy) is 1. The SMILES string of the molecule is COc1ccc(CCC(Br)c2ccc(F)cc2F)cc1. The fourth-order valence-corrected chi connectivity index (χ4v) is 2.60. The van der Waals surface area contributed by atoms with Crippen molar-refractivity contribution in [1.29, 1.82) is 0 Å². The van der Waals surface area contributed by atoms with E-state index in [-0.39, 0.29) is 4.83 Å². The van der Waals surface area contributed by atoms with Crippen LogP contribution in [0, 0.1) is 11.6 Å². The van der Waals surface area contributed by atoms with E-state index in [1.54, 1.807) is 7.11 Å². The molecule has 0 bridgehead atoms. The van der Waals surface area contributed by atoms with E-state index in [2.05, 4.69) is 15.9 Å². The molecule has 0 saturated carbocycles. The van der Waals surface area contributed by atoms with E-state index in [0.29, 0.717) is 5.56 Å². The van der Waals surface area contributed by atoms with Gasteiger partial charge in [-0.3, -0.25) is 0 Å². The summed E-state index contributed by atoms with van der Waals surface area (Å²) in [6, 6.07) is 11.4. The molecule has 106 valence electrons. The summed E-state index contributed by atoms with van der Waals surface area (Å²) < 4.78 is 31.6. The molecule has 4 heteroatoms. The number of alkyl halides is 1. The summed E-state index contributed by atoms with van der Waals surface area (Å²) in [5.74, 6) is -0.253. The summed E-state index contributed by atoms with van der Waals surface area (Å²) in [5, 5.41) is 0. The largest absolute Gasteiger partial charge is 0.497 e. The molecule has 0 saturated heterocycles. The van der Waals surface area contributed by atoms with E-state index in [9.17, 15) is 8.78 Å². The van der Waals surface area contributed by atoms with E-state index in [1.807, 2.05) is 24.3 Å². The second-order valence-corrected chi connectivity index (χ2v) is 5.63. The lowest BCUT2D eigenvalue weighted by Gasteiger charge is -2.11. The third kappa shape index (κ3) is 3.79. The van der Waals surface area contributed by atoms with Crippen molar-refractivity contribution in [3.63, 3.8) is 0 Å². The number of hydrogen-bond acceptors (Lipinski definition) is 1. The number of rotatable bonds is 5. The zero-order valence-electron chi connectivity index (χ0n) is 11.1. The minimum atomic E-state index is -0.555. The topological polar surface area (TPSA) is 9.23 Å². The lowest BCUT2D eigenvalue weighted by Crippen LogP contribution is -1.98. The highest BCUT2D eigenvalue weighted by atomic mass is 79.9. The van der Waals surface area contributed by atoms with Crippen molar-refractivity contribution in [2.45, 2.75) is 17.7 Å². The van der Waals surface area contributed by atoms with Crippen molar-refractivity contribution in [2.75, 3.05) is 7.11 Å². The van der Waals surface area contributed by atoms with Gasteiger partial charge in [0.25, 0.3) is 0 Å². The van der Waals surface area contributed by atoms with Crippen molar-refractivity contribution in [2.24, 2.45) is 0 Å². The van der Waals surface area contributed by atoms with Crippen LogP contribution < -0.4 is 4.74 Å². The minimum absolute atomic E-state index is 0.134. The zero-order chi connectivity index (χ0) is 14.5. The molecule has 0 N–H and O–H groups in total. The van der Waals surface area contributed by atoms with Gasteiger partial charge in [-0.05, 0) is 36.6 Å². The Morgan fingerprint density at radius 2 is 1.80 bits per heavy atom. The number of methoxy groups -OCH3 is 1. The molecule has 0 aromatic heterocycles. The monoisotopic (exact) mass is 340 g/mol. The van der Waals surface area contributed by atoms with Gasteiger partial charge in [0.15, 0.2) is 0 Å². The lowest BCUT2D eigenvalue weighted by molar-refractivity contribution is 0.414. The van der Waals surface area contributed by atoms with Gasteiger partial charge in [0, 0.05) is 16.5 Å². The highest BCUT2D eigenvalue weighted by Crippen LogP contribution is 2.30. The van der Waals surface area contributed by atoms with Gasteiger partial charge in [-0.2, -0.15) is 0 Å². The average molecular weight is 341 g/mol. The zero-order valence-corrected chi connectivity index (χ0v) is 12.7. The fraction of sp³-hybridized carbons (Fsp3) is 0.250. The molecule has 1 unspecified atom stereocenters. The minimum Gasteiger partial charge on any atom is -0.497 e. The second-order valence-electron chi connectivity index (χ2n) is 4.52. The molecule has 0 heterocycles. The van der Waals surface area contributed by atoms with Crippen LogP contribution in [-0.4, -0.2) is 7.11 Å². The Morgan fingerprint density at radius 3 is 2.40 bits per heavy atom. The highest BCUT2D eigenvalue weighted by molar-refractivity contribution is 9.09. The third-order valence-corrected chi connectivity index (χ3v) is 4.10. The predicted molar refractivity (Wildman–Crippen MR) is 79.3 cm³/mol. The fourth-order valence-electron chi connectivity index (χ4n) is 2.00. The third-order valence-electron chi connectivity index (χ3n) is 3.15. The molecule has 0 aliphatic carbocycles. The summed E-state index contributed by atoms with van der Waals surface area (Å²) in [6.07, 6.45) is 1.53. The first-order valence-corrected chi connectivity index (χ1v) is 7.23. The van der Waals surface area contributed by atoms with Crippen LogP contribution in [0.5, 0.6) is 5.75 Å². The Kier molecular flexibility index (Phi) is 5.12. The van der Waals surface area contributed by atoms with Crippen molar-refractivity contribution in [3.05, 3.63) is 65.2 Å². The maximum atomic E-state index is 13.6. The summed E-state index contributed by atoms with van der Waals surface area (Å²) in [6.45, 7) is 0. The van der Waals surface area contributed by atoms with Crippen LogP contribution in [0.2, 0.25) is 0 Å². The normalized spacial score (nSPS) is 12.2. The van der Waals surface area contributed by atoms with Crippen LogP contribution in [-0.2, 0) is 6.42 Å². The molecule has 1 nitrogen and oxygen atoms in total. The first kappa shape index (κ1) is 15.0. The average Bonchev–Trinajstić information content (AvgIpc) is 2.45. The molecule has 2 aromatic rings. The summed E-state index contributed by atoms with van der Waals surface area (Å²) >= 11 is 3.46. The van der Waals surface area contributed by atoms with Gasteiger partial charge >= 0.3 is 0 Å². The first-order chi connectivity index (χ1) is 9.60. The van der Waals surface area contributed by atoms with E-state index in [0.717, 1.165) is 30.2 Å². The van der Waals surface area contributed by atoms with E-state index in [4.69, 9.17) is 4.74 Å². The molecule has 0 spiro atoms. The Labute approximate surface area is 125 Å². The maximum Gasteiger partial charge on any atom is 0.130 e. The Hall–Kier alpha value is -1.42. The molecule has 1 atom stereocenters. The standard InChI is InChI=1S/C16H15BrF2O/c1-20-13-6-2-11(3-7-13)4-9-15(17)14-8-5-12(18)10-16(14)19/h2-3,5-8,10,15H,4,9H2,1H3. The van der Waals surface area contributed by atoms with Crippen LogP contribution in [0.1, 0.15) is 22.4 Å². The van der Waals surface area contributed by atoms with Gasteiger partial charge in [-0.25, -0.2) is 8.78 Å². The van der Waals surface area contributed by atoms with Crippen LogP contribution in [0.4, 0.5) is 8.78 Å². The molecule has 2 aromatic carbocycles. The van der Waals surface area contributed by atoms with Crippen molar-refractivity contribution in [1.82, 2.24) is 0 Å². The highest BCUT2D eigenvalue weighted by Gasteiger charge is 2.13. The summed E-state index contributed by atoms with van der Waals surface area (Å²) in [4.78, 5) is -0.134. The molecular weight excluding hydrogens is 326 g/mol. The number of hydrogen-bond donors (Lipinski definition) is 0. The van der Waals surface area contributed by atoms with Gasteiger partial charge in [-0.1, -0.05) is 34.1 Å². The molecule has 0 aliphatic heterocycles. The number of aryl methyl sites for hydroxylation is 1. The van der Waals surface area contributed by atoms with Crippen LogP contribution in [0.3, 0.4) is 0 Å². The smallest absolute Gasteiger partial charge is 0.130 e. The van der Waals surface area contributed by atoms with Gasteiger partial charge in [-0.15, -0.1) is 0 Å². The van der Waals surface area contributed by atoms with Gasteiger partial charge < -0.3 is 4.74 Å². The summed E-state index contributed by atoms with van der Waals surface area (Å²) in [5.41, 5.74) is 1.64. The molecule has 20 heavy (non-hydrogen) atoms. The first-order valence-electron chi connectivity index (χ1n) is 6.32. The Morgan fingerprint density at radius 1 is 1.10 bits per heavy atom. The Balaban J connectivity index is 1.98. The molecule has 0 fully saturated rings. The van der Waals surface area contributed by atoms with E-state index >= 15 is 0 Å².